The van der Waals surface area contributed by atoms with Gasteiger partial charge in [-0.05, 0) is 29.6 Å². The molecule has 1 aromatic heterocycles. The fourth-order valence-electron chi connectivity index (χ4n) is 1.35. The van der Waals surface area contributed by atoms with E-state index in [1.54, 1.807) is 29.5 Å². The van der Waals surface area contributed by atoms with Crippen molar-refractivity contribution in [2.24, 2.45) is 5.73 Å². The van der Waals surface area contributed by atoms with E-state index in [4.69, 9.17) is 11.5 Å². The van der Waals surface area contributed by atoms with Gasteiger partial charge in [0.1, 0.15) is 0 Å². The number of carbonyl (C=O) groups is 1. The summed E-state index contributed by atoms with van der Waals surface area (Å²) in [7, 11) is 0. The summed E-state index contributed by atoms with van der Waals surface area (Å²) < 4.78 is 0. The molecule has 1 aromatic carbocycles. The summed E-state index contributed by atoms with van der Waals surface area (Å²) in [6.07, 6.45) is 0. The van der Waals surface area contributed by atoms with Gasteiger partial charge in [-0.15, -0.1) is 0 Å². The zero-order chi connectivity index (χ0) is 11.5. The maximum absolute atomic E-state index is 11.1. The number of benzene rings is 1. The highest BCUT2D eigenvalue weighted by Gasteiger charge is 2.06. The Balaban J connectivity index is 2.29. The number of hydrogen-bond donors (Lipinski definition) is 3. The molecule has 0 aliphatic carbocycles. The Bertz CT molecular complexity index is 508. The van der Waals surface area contributed by atoms with Crippen molar-refractivity contribution in [2.75, 3.05) is 11.1 Å². The third kappa shape index (κ3) is 2.14. The first-order valence-corrected chi connectivity index (χ1v) is 5.59. The van der Waals surface area contributed by atoms with Crippen molar-refractivity contribution < 1.29 is 4.79 Å². The molecular formula is C11H11N3OS. The summed E-state index contributed by atoms with van der Waals surface area (Å²) >= 11 is 1.59. The molecule has 16 heavy (non-hydrogen) atoms. The number of nitrogens with one attached hydrogen (secondary N) is 1. The van der Waals surface area contributed by atoms with E-state index in [1.807, 2.05) is 16.8 Å². The molecule has 0 fully saturated rings. The lowest BCUT2D eigenvalue weighted by molar-refractivity contribution is 0.100. The number of amides is 1. The van der Waals surface area contributed by atoms with Crippen LogP contribution in [0.4, 0.5) is 17.1 Å². The molecule has 0 bridgehead atoms. The monoisotopic (exact) mass is 233 g/mol. The average Bonchev–Trinajstić information content (AvgIpc) is 2.73. The van der Waals surface area contributed by atoms with Gasteiger partial charge in [-0.2, -0.15) is 11.3 Å². The smallest absolute Gasteiger partial charge is 0.250 e. The molecule has 0 aliphatic rings. The summed E-state index contributed by atoms with van der Waals surface area (Å²) in [4.78, 5) is 11.1. The number of carbonyl (C=O) groups excluding carboxylic acids is 1. The van der Waals surface area contributed by atoms with E-state index in [1.165, 1.54) is 0 Å². The molecule has 0 aliphatic heterocycles. The molecule has 0 saturated heterocycles. The van der Waals surface area contributed by atoms with Crippen LogP contribution in [0.3, 0.4) is 0 Å². The molecule has 2 aromatic rings. The second kappa shape index (κ2) is 4.24. The molecule has 0 atom stereocenters. The van der Waals surface area contributed by atoms with Gasteiger partial charge in [-0.25, -0.2) is 0 Å². The first-order chi connectivity index (χ1) is 7.66. The Kier molecular flexibility index (Phi) is 2.78. The van der Waals surface area contributed by atoms with Crippen LogP contribution >= 0.6 is 11.3 Å². The van der Waals surface area contributed by atoms with Crippen molar-refractivity contribution in [2.45, 2.75) is 0 Å². The van der Waals surface area contributed by atoms with E-state index in [0.717, 1.165) is 11.4 Å². The van der Waals surface area contributed by atoms with Gasteiger partial charge >= 0.3 is 0 Å². The van der Waals surface area contributed by atoms with E-state index >= 15 is 0 Å². The number of primary amides is 1. The number of rotatable bonds is 3. The van der Waals surface area contributed by atoms with Crippen LogP contribution in [-0.4, -0.2) is 5.91 Å². The molecule has 1 heterocycles. The third-order valence-electron chi connectivity index (χ3n) is 2.13. The quantitative estimate of drug-likeness (QED) is 0.711. The minimum absolute atomic E-state index is 0.334. The Labute approximate surface area is 96.9 Å². The molecule has 1 amide bonds. The Hall–Kier alpha value is -2.01. The predicted molar refractivity (Wildman–Crippen MR) is 67.0 cm³/mol. The van der Waals surface area contributed by atoms with Gasteiger partial charge < -0.3 is 16.8 Å². The lowest BCUT2D eigenvalue weighted by Gasteiger charge is -2.07. The largest absolute Gasteiger partial charge is 0.398 e. The maximum atomic E-state index is 11.1. The second-order valence-electron chi connectivity index (χ2n) is 3.30. The first-order valence-electron chi connectivity index (χ1n) is 4.65. The van der Waals surface area contributed by atoms with Gasteiger partial charge in [0.15, 0.2) is 0 Å². The fraction of sp³-hybridized carbons (Fsp3) is 0. The van der Waals surface area contributed by atoms with Crippen molar-refractivity contribution in [3.05, 3.63) is 40.6 Å². The number of hydrogen-bond acceptors (Lipinski definition) is 4. The maximum Gasteiger partial charge on any atom is 0.250 e. The molecule has 82 valence electrons. The number of thiophene rings is 1. The van der Waals surface area contributed by atoms with Gasteiger partial charge in [0.2, 0.25) is 0 Å². The third-order valence-corrected chi connectivity index (χ3v) is 2.81. The van der Waals surface area contributed by atoms with Crippen LogP contribution in [0.15, 0.2) is 35.0 Å². The van der Waals surface area contributed by atoms with E-state index in [9.17, 15) is 4.79 Å². The van der Waals surface area contributed by atoms with Gasteiger partial charge in [0.05, 0.1) is 5.56 Å². The van der Waals surface area contributed by atoms with Gasteiger partial charge in [-0.3, -0.25) is 4.79 Å². The Morgan fingerprint density at radius 3 is 2.69 bits per heavy atom. The normalized spacial score (nSPS) is 10.0. The van der Waals surface area contributed by atoms with E-state index < -0.39 is 5.91 Å². The molecule has 4 nitrogen and oxygen atoms in total. The van der Waals surface area contributed by atoms with Crippen molar-refractivity contribution in [1.29, 1.82) is 0 Å². The molecule has 5 N–H and O–H groups in total. The summed E-state index contributed by atoms with van der Waals surface area (Å²) in [6.45, 7) is 0. The molecule has 0 unspecified atom stereocenters. The molecule has 0 radical (unpaired) electrons. The summed E-state index contributed by atoms with van der Waals surface area (Å²) in [5, 5.41) is 7.09. The molecule has 5 heteroatoms. The van der Waals surface area contributed by atoms with E-state index in [-0.39, 0.29) is 0 Å². The Morgan fingerprint density at radius 2 is 2.06 bits per heavy atom. The van der Waals surface area contributed by atoms with Gasteiger partial charge in [0.25, 0.3) is 5.91 Å². The van der Waals surface area contributed by atoms with E-state index in [0.29, 0.717) is 11.3 Å². The fourth-order valence-corrected chi connectivity index (χ4v) is 1.94. The van der Waals surface area contributed by atoms with Crippen molar-refractivity contribution in [1.82, 2.24) is 0 Å². The molecule has 2 rings (SSSR count). The van der Waals surface area contributed by atoms with Crippen LogP contribution in [0, 0.1) is 0 Å². The zero-order valence-corrected chi connectivity index (χ0v) is 9.25. The topological polar surface area (TPSA) is 81.1 Å². The van der Waals surface area contributed by atoms with Crippen molar-refractivity contribution >= 4 is 34.3 Å². The van der Waals surface area contributed by atoms with Gasteiger partial charge in [0, 0.05) is 22.4 Å². The number of nitrogens with two attached hydrogens (primary N) is 2. The van der Waals surface area contributed by atoms with Crippen LogP contribution in [0.1, 0.15) is 10.4 Å². The average molecular weight is 233 g/mol. The van der Waals surface area contributed by atoms with E-state index in [2.05, 4.69) is 5.32 Å². The van der Waals surface area contributed by atoms with Crippen molar-refractivity contribution in [3.8, 4) is 0 Å². The highest BCUT2D eigenvalue weighted by atomic mass is 32.1. The minimum atomic E-state index is -0.522. The molecular weight excluding hydrogens is 222 g/mol. The predicted octanol–water partition coefficient (Wildman–Crippen LogP) is 2.17. The minimum Gasteiger partial charge on any atom is -0.398 e. The van der Waals surface area contributed by atoms with Crippen LogP contribution in [0.5, 0.6) is 0 Å². The lowest BCUT2D eigenvalue weighted by Crippen LogP contribution is -2.13. The summed E-state index contributed by atoms with van der Waals surface area (Å²) in [6, 6.07) is 7.06. The Morgan fingerprint density at radius 1 is 1.25 bits per heavy atom. The number of nitrogen functional groups attached to an aromatic ring is 1. The first kappa shape index (κ1) is 10.5. The lowest BCUT2D eigenvalue weighted by atomic mass is 10.1. The van der Waals surface area contributed by atoms with Crippen LogP contribution in [-0.2, 0) is 0 Å². The van der Waals surface area contributed by atoms with Crippen LogP contribution < -0.4 is 16.8 Å². The standard InChI is InChI=1S/C11H11N3OS/c12-10-2-1-7(5-9(10)11(13)15)14-8-3-4-16-6-8/h1-6,14H,12H2,(H2,13,15). The zero-order valence-electron chi connectivity index (χ0n) is 8.44. The highest BCUT2D eigenvalue weighted by Crippen LogP contribution is 2.22. The van der Waals surface area contributed by atoms with Crippen LogP contribution in [0.25, 0.3) is 0 Å². The number of anilines is 3. The van der Waals surface area contributed by atoms with Crippen molar-refractivity contribution in [3.63, 3.8) is 0 Å². The van der Waals surface area contributed by atoms with Crippen LogP contribution in [0.2, 0.25) is 0 Å². The SMILES string of the molecule is NC(=O)c1cc(Nc2ccsc2)ccc1N. The summed E-state index contributed by atoms with van der Waals surface area (Å²) in [5.74, 6) is -0.522. The summed E-state index contributed by atoms with van der Waals surface area (Å²) in [5.41, 5.74) is 13.3. The van der Waals surface area contributed by atoms with Gasteiger partial charge in [-0.1, -0.05) is 0 Å². The molecule has 0 spiro atoms. The highest BCUT2D eigenvalue weighted by molar-refractivity contribution is 7.08. The second-order valence-corrected chi connectivity index (χ2v) is 4.08. The molecule has 0 saturated carbocycles.